The van der Waals surface area contributed by atoms with Gasteiger partial charge in [-0.15, -0.1) is 0 Å². The minimum Gasteiger partial charge on any atom is -0.756 e. The van der Waals surface area contributed by atoms with Crippen molar-refractivity contribution in [2.75, 3.05) is 40.9 Å². The summed E-state index contributed by atoms with van der Waals surface area (Å²) >= 11 is 0. The van der Waals surface area contributed by atoms with E-state index in [4.69, 9.17) is 9.05 Å². The van der Waals surface area contributed by atoms with Crippen LogP contribution in [-0.4, -0.2) is 68.5 Å². The van der Waals surface area contributed by atoms with E-state index in [-0.39, 0.29) is 12.5 Å². The van der Waals surface area contributed by atoms with Crippen molar-refractivity contribution in [2.45, 2.75) is 212 Å². The van der Waals surface area contributed by atoms with E-state index in [2.05, 4.69) is 43.5 Å². The van der Waals surface area contributed by atoms with Crippen LogP contribution in [0.1, 0.15) is 200 Å². The number of hydrogen-bond acceptors (Lipinski definition) is 6. The molecular formula is C46H89N2O6P. The predicted octanol–water partition coefficient (Wildman–Crippen LogP) is 12.1. The molecule has 0 saturated heterocycles. The number of quaternary nitrogens is 1. The standard InChI is InChI=1S/C46H89N2O6P/c1-6-8-10-11-12-13-14-15-16-17-18-19-20-21-22-23-24-25-26-27-28-29-30-31-32-33-34-35-36-38-39-45(49)44(47-46(50)40-37-9-7-2)43-54-55(51,52)53-42-41-48(3,4)5/h29-30,33-34,38-39,44-45,49H,6-28,31-32,35-37,40-43H2,1-5H3,(H-,47,50,51,52)/b30-29+,34-33+,39-38+. The van der Waals surface area contributed by atoms with Crippen molar-refractivity contribution in [3.63, 3.8) is 0 Å². The topological polar surface area (TPSA) is 108 Å². The summed E-state index contributed by atoms with van der Waals surface area (Å²) in [5, 5.41) is 13.5. The van der Waals surface area contributed by atoms with Gasteiger partial charge in [-0.25, -0.2) is 0 Å². The van der Waals surface area contributed by atoms with Gasteiger partial charge < -0.3 is 28.8 Å². The Morgan fingerprint density at radius 3 is 1.47 bits per heavy atom. The lowest BCUT2D eigenvalue weighted by Crippen LogP contribution is -2.45. The van der Waals surface area contributed by atoms with Crippen LogP contribution < -0.4 is 10.2 Å². The number of hydrogen-bond donors (Lipinski definition) is 2. The summed E-state index contributed by atoms with van der Waals surface area (Å²) in [4.78, 5) is 24.7. The van der Waals surface area contributed by atoms with Crippen LogP contribution >= 0.6 is 7.82 Å². The smallest absolute Gasteiger partial charge is 0.268 e. The van der Waals surface area contributed by atoms with Gasteiger partial charge in [0.15, 0.2) is 0 Å². The number of likely N-dealkylation sites (N-methyl/N-ethyl adjacent to an activating group) is 1. The molecule has 0 aromatic carbocycles. The van der Waals surface area contributed by atoms with E-state index < -0.39 is 26.6 Å². The highest BCUT2D eigenvalue weighted by Gasteiger charge is 2.23. The maximum absolute atomic E-state index is 12.5. The number of nitrogens with zero attached hydrogens (tertiary/aromatic N) is 1. The second kappa shape index (κ2) is 38.2. The number of phosphoric acid groups is 1. The quantitative estimate of drug-likeness (QED) is 0.0276. The summed E-state index contributed by atoms with van der Waals surface area (Å²) in [6.07, 6.45) is 47.5. The number of aliphatic hydroxyl groups excluding tert-OH is 1. The number of allylic oxidation sites excluding steroid dienone is 5. The van der Waals surface area contributed by atoms with Crippen molar-refractivity contribution >= 4 is 13.7 Å². The minimum absolute atomic E-state index is 0.00967. The number of carbonyl (C=O) groups is 1. The second-order valence-electron chi connectivity index (χ2n) is 16.7. The Morgan fingerprint density at radius 1 is 0.618 bits per heavy atom. The van der Waals surface area contributed by atoms with Crippen LogP contribution in [0, 0.1) is 0 Å². The number of amides is 1. The van der Waals surface area contributed by atoms with Crippen molar-refractivity contribution in [3.05, 3.63) is 36.5 Å². The van der Waals surface area contributed by atoms with E-state index in [1.165, 1.54) is 135 Å². The number of aliphatic hydroxyl groups is 1. The van der Waals surface area contributed by atoms with Gasteiger partial charge in [0.2, 0.25) is 5.91 Å². The molecule has 0 aromatic heterocycles. The van der Waals surface area contributed by atoms with Crippen molar-refractivity contribution in [3.8, 4) is 0 Å². The molecule has 0 spiro atoms. The summed E-state index contributed by atoms with van der Waals surface area (Å²) in [6.45, 7) is 4.43. The first kappa shape index (κ1) is 53.7. The van der Waals surface area contributed by atoms with Gasteiger partial charge in [0, 0.05) is 6.42 Å². The van der Waals surface area contributed by atoms with Gasteiger partial charge in [0.25, 0.3) is 7.82 Å². The fourth-order valence-electron chi connectivity index (χ4n) is 6.42. The second-order valence-corrected chi connectivity index (χ2v) is 18.2. The maximum Gasteiger partial charge on any atom is 0.268 e. The van der Waals surface area contributed by atoms with Gasteiger partial charge >= 0.3 is 0 Å². The molecule has 0 rings (SSSR count). The molecule has 0 aliphatic rings. The van der Waals surface area contributed by atoms with E-state index in [1.807, 2.05) is 27.2 Å². The lowest BCUT2D eigenvalue weighted by Gasteiger charge is -2.29. The first-order valence-corrected chi connectivity index (χ1v) is 24.3. The molecule has 9 heteroatoms. The van der Waals surface area contributed by atoms with E-state index in [0.29, 0.717) is 17.4 Å². The van der Waals surface area contributed by atoms with Crippen LogP contribution in [0.4, 0.5) is 0 Å². The molecule has 1 amide bonds. The number of nitrogens with one attached hydrogen (secondary N) is 1. The molecule has 0 aliphatic carbocycles. The maximum atomic E-state index is 12.5. The number of carbonyl (C=O) groups excluding carboxylic acids is 1. The predicted molar refractivity (Wildman–Crippen MR) is 233 cm³/mol. The normalized spacial score (nSPS) is 14.7. The first-order chi connectivity index (χ1) is 26.5. The highest BCUT2D eigenvalue weighted by Crippen LogP contribution is 2.38. The number of unbranched alkanes of at least 4 members (excludes halogenated alkanes) is 24. The molecule has 8 nitrogen and oxygen atoms in total. The molecule has 0 bridgehead atoms. The molecule has 3 atom stereocenters. The van der Waals surface area contributed by atoms with E-state index in [9.17, 15) is 19.4 Å². The monoisotopic (exact) mass is 797 g/mol. The van der Waals surface area contributed by atoms with Crippen molar-refractivity contribution in [2.24, 2.45) is 0 Å². The van der Waals surface area contributed by atoms with Crippen molar-refractivity contribution in [1.82, 2.24) is 5.32 Å². The van der Waals surface area contributed by atoms with Crippen LogP contribution in [0.15, 0.2) is 36.5 Å². The van der Waals surface area contributed by atoms with Gasteiger partial charge in [-0.2, -0.15) is 0 Å². The fraction of sp³-hybridized carbons (Fsp3) is 0.848. The zero-order chi connectivity index (χ0) is 40.7. The highest BCUT2D eigenvalue weighted by atomic mass is 31.2. The van der Waals surface area contributed by atoms with E-state index in [0.717, 1.165) is 44.9 Å². The van der Waals surface area contributed by atoms with Crippen LogP contribution in [-0.2, 0) is 18.4 Å². The Bertz CT molecular complexity index is 995. The molecule has 0 aromatic rings. The Balaban J connectivity index is 3.96. The molecule has 0 aliphatic heterocycles. The largest absolute Gasteiger partial charge is 0.756 e. The molecule has 2 N–H and O–H groups in total. The molecule has 0 saturated carbocycles. The lowest BCUT2D eigenvalue weighted by molar-refractivity contribution is -0.870. The average Bonchev–Trinajstić information content (AvgIpc) is 3.13. The molecule has 0 fully saturated rings. The highest BCUT2D eigenvalue weighted by molar-refractivity contribution is 7.45. The molecule has 55 heavy (non-hydrogen) atoms. The zero-order valence-electron chi connectivity index (χ0n) is 36.6. The van der Waals surface area contributed by atoms with Crippen LogP contribution in [0.2, 0.25) is 0 Å². The summed E-state index contributed by atoms with van der Waals surface area (Å²) < 4.78 is 22.9. The van der Waals surface area contributed by atoms with E-state index in [1.54, 1.807) is 6.08 Å². The van der Waals surface area contributed by atoms with Crippen molar-refractivity contribution in [1.29, 1.82) is 0 Å². The SMILES string of the molecule is CCCCCCCCCCCCCCCCCCCCCC/C=C/CC/C=C/CC/C=C/C(O)C(COP(=O)([O-])OCC[N+](C)(C)C)NC(=O)CCCCC. The van der Waals surface area contributed by atoms with Gasteiger partial charge in [-0.1, -0.05) is 185 Å². The van der Waals surface area contributed by atoms with Crippen molar-refractivity contribution < 1.29 is 32.9 Å². The Morgan fingerprint density at radius 2 is 1.02 bits per heavy atom. The first-order valence-electron chi connectivity index (χ1n) is 22.9. The summed E-state index contributed by atoms with van der Waals surface area (Å²) in [5.74, 6) is -0.237. The molecule has 324 valence electrons. The average molecular weight is 797 g/mol. The third kappa shape index (κ3) is 40.7. The molecular weight excluding hydrogens is 707 g/mol. The summed E-state index contributed by atoms with van der Waals surface area (Å²) in [5.41, 5.74) is 0. The third-order valence-electron chi connectivity index (χ3n) is 10.1. The zero-order valence-corrected chi connectivity index (χ0v) is 37.5. The van der Waals surface area contributed by atoms with Crippen LogP contribution in [0.5, 0.6) is 0 Å². The third-order valence-corrected chi connectivity index (χ3v) is 11.0. The minimum atomic E-state index is -4.58. The summed E-state index contributed by atoms with van der Waals surface area (Å²) in [6, 6.07) is -0.902. The Hall–Kier alpha value is -1.28. The number of phosphoric ester groups is 1. The molecule has 0 radical (unpaired) electrons. The Kier molecular flexibility index (Phi) is 37.4. The number of rotatable bonds is 41. The van der Waals surface area contributed by atoms with Gasteiger partial charge in [0.1, 0.15) is 13.2 Å². The van der Waals surface area contributed by atoms with Gasteiger partial charge in [-0.3, -0.25) is 9.36 Å². The lowest BCUT2D eigenvalue weighted by atomic mass is 10.0. The summed E-state index contributed by atoms with van der Waals surface area (Å²) in [7, 11) is 1.23. The Labute approximate surface area is 340 Å². The van der Waals surface area contributed by atoms with Crippen LogP contribution in [0.3, 0.4) is 0 Å². The van der Waals surface area contributed by atoms with E-state index >= 15 is 0 Å². The van der Waals surface area contributed by atoms with Gasteiger partial charge in [0.05, 0.1) is 39.9 Å². The molecule has 0 heterocycles. The van der Waals surface area contributed by atoms with Gasteiger partial charge in [-0.05, 0) is 44.9 Å². The molecule has 3 unspecified atom stereocenters. The fourth-order valence-corrected chi connectivity index (χ4v) is 7.14. The van der Waals surface area contributed by atoms with Crippen LogP contribution in [0.25, 0.3) is 0 Å².